The smallest absolute Gasteiger partial charge is 0.220 e. The molecule has 2 aromatic carbocycles. The first-order valence-corrected chi connectivity index (χ1v) is 8.42. The molecule has 1 aliphatic heterocycles. The summed E-state index contributed by atoms with van der Waals surface area (Å²) in [4.78, 5) is 0.864. The summed E-state index contributed by atoms with van der Waals surface area (Å²) in [6.07, 6.45) is 1.16. The summed E-state index contributed by atoms with van der Waals surface area (Å²) in [6.45, 7) is 1.86. The van der Waals surface area contributed by atoms with E-state index in [4.69, 9.17) is 16.9 Å². The van der Waals surface area contributed by atoms with Crippen LogP contribution in [0, 0.1) is 24.1 Å². The summed E-state index contributed by atoms with van der Waals surface area (Å²) in [6, 6.07) is 10.2. The molecular formula is C16H10ClFN2O2S. The van der Waals surface area contributed by atoms with Crippen molar-refractivity contribution in [2.24, 2.45) is 0 Å². The Hall–Kier alpha value is -2.36. The molecule has 0 unspecified atom stereocenters. The Bertz CT molecular complexity index is 994. The van der Waals surface area contributed by atoms with Crippen LogP contribution in [-0.4, -0.2) is 8.42 Å². The van der Waals surface area contributed by atoms with Gasteiger partial charge in [0.2, 0.25) is 9.84 Å². The van der Waals surface area contributed by atoms with Gasteiger partial charge in [-0.3, -0.25) is 0 Å². The van der Waals surface area contributed by atoms with Crippen molar-refractivity contribution in [2.45, 2.75) is 11.8 Å². The van der Waals surface area contributed by atoms with E-state index in [1.807, 2.05) is 6.92 Å². The van der Waals surface area contributed by atoms with Gasteiger partial charge in [0.1, 0.15) is 11.9 Å². The van der Waals surface area contributed by atoms with Gasteiger partial charge in [-0.2, -0.15) is 5.26 Å². The maximum Gasteiger partial charge on any atom is 0.220 e. The number of fused-ring (bicyclic) bond motifs is 1. The molecule has 0 radical (unpaired) electrons. The van der Waals surface area contributed by atoms with Crippen LogP contribution >= 0.6 is 11.6 Å². The molecule has 0 saturated carbocycles. The molecule has 7 heteroatoms. The van der Waals surface area contributed by atoms with Crippen LogP contribution in [0.2, 0.25) is 5.02 Å². The van der Waals surface area contributed by atoms with E-state index in [1.54, 1.807) is 24.3 Å². The van der Waals surface area contributed by atoms with Gasteiger partial charge in [-0.25, -0.2) is 12.8 Å². The van der Waals surface area contributed by atoms with Gasteiger partial charge in [0, 0.05) is 6.20 Å². The topological polar surface area (TPSA) is 61.2 Å². The fourth-order valence-electron chi connectivity index (χ4n) is 2.38. The van der Waals surface area contributed by atoms with Crippen molar-refractivity contribution in [1.29, 1.82) is 5.26 Å². The predicted octanol–water partition coefficient (Wildman–Crippen LogP) is 4.08. The Labute approximate surface area is 137 Å². The van der Waals surface area contributed by atoms with E-state index < -0.39 is 20.6 Å². The Kier molecular flexibility index (Phi) is 3.63. The molecule has 0 amide bonds. The van der Waals surface area contributed by atoms with Gasteiger partial charge in [-0.05, 0) is 42.8 Å². The number of hydrogen-bond donors (Lipinski definition) is 0. The normalized spacial score (nSPS) is 15.6. The summed E-state index contributed by atoms with van der Waals surface area (Å²) < 4.78 is 38.4. The molecule has 0 bridgehead atoms. The van der Waals surface area contributed by atoms with E-state index in [9.17, 15) is 12.8 Å². The molecule has 1 heterocycles. The van der Waals surface area contributed by atoms with E-state index >= 15 is 0 Å². The minimum Gasteiger partial charge on any atom is -0.312 e. The lowest BCUT2D eigenvalue weighted by atomic mass is 10.2. The number of nitrogens with zero attached hydrogens (tertiary/aromatic N) is 2. The molecule has 0 aliphatic carbocycles. The Morgan fingerprint density at radius 1 is 1.17 bits per heavy atom. The zero-order valence-electron chi connectivity index (χ0n) is 11.9. The van der Waals surface area contributed by atoms with E-state index in [0.29, 0.717) is 10.7 Å². The molecule has 0 fully saturated rings. The number of nitriles is 1. The molecule has 3 rings (SSSR count). The largest absolute Gasteiger partial charge is 0.312 e. The quantitative estimate of drug-likeness (QED) is 0.728. The summed E-state index contributed by atoms with van der Waals surface area (Å²) in [5.74, 6) is -0.582. The number of benzene rings is 2. The molecule has 0 atom stereocenters. The Balaban J connectivity index is 2.33. The molecule has 1 aliphatic rings. The van der Waals surface area contributed by atoms with E-state index in [0.717, 1.165) is 30.0 Å². The molecule has 23 heavy (non-hydrogen) atoms. The van der Waals surface area contributed by atoms with Crippen molar-refractivity contribution in [3.05, 3.63) is 63.9 Å². The number of rotatable bonds is 1. The minimum absolute atomic E-state index is 0.120. The van der Waals surface area contributed by atoms with Crippen LogP contribution in [0.5, 0.6) is 0 Å². The monoisotopic (exact) mass is 348 g/mol. The number of hydrogen-bond acceptors (Lipinski definition) is 4. The molecule has 0 saturated heterocycles. The van der Waals surface area contributed by atoms with Crippen molar-refractivity contribution < 1.29 is 12.8 Å². The van der Waals surface area contributed by atoms with Crippen molar-refractivity contribution in [1.82, 2.24) is 0 Å². The third kappa shape index (κ3) is 2.48. The van der Waals surface area contributed by atoms with E-state index in [1.165, 1.54) is 4.90 Å². The zero-order valence-corrected chi connectivity index (χ0v) is 13.5. The van der Waals surface area contributed by atoms with E-state index in [2.05, 4.69) is 0 Å². The van der Waals surface area contributed by atoms with Crippen LogP contribution in [0.25, 0.3) is 0 Å². The van der Waals surface area contributed by atoms with Gasteiger partial charge in [0.05, 0.1) is 21.3 Å². The van der Waals surface area contributed by atoms with Gasteiger partial charge in [0.15, 0.2) is 4.91 Å². The second-order valence-electron chi connectivity index (χ2n) is 5.05. The zero-order chi connectivity index (χ0) is 16.8. The lowest BCUT2D eigenvalue weighted by Gasteiger charge is -2.28. The summed E-state index contributed by atoms with van der Waals surface area (Å²) >= 11 is 6.23. The van der Waals surface area contributed by atoms with Gasteiger partial charge >= 0.3 is 0 Å². The minimum atomic E-state index is -3.96. The number of sulfone groups is 1. The number of aryl methyl sites for hydroxylation is 1. The summed E-state index contributed by atoms with van der Waals surface area (Å²) in [5, 5.41) is 9.52. The SMILES string of the molecule is Cc1ccc(N2C=C(C#N)S(=O)(=O)c3ccc(F)cc32)c(Cl)c1. The third-order valence-corrected chi connectivity index (χ3v) is 5.48. The van der Waals surface area contributed by atoms with Gasteiger partial charge < -0.3 is 4.90 Å². The van der Waals surface area contributed by atoms with Crippen LogP contribution in [0.3, 0.4) is 0 Å². The van der Waals surface area contributed by atoms with Gasteiger partial charge in [0.25, 0.3) is 0 Å². The van der Waals surface area contributed by atoms with Crippen molar-refractivity contribution in [3.63, 3.8) is 0 Å². The standard InChI is InChI=1S/C16H10ClFN2O2S/c1-10-2-4-14(13(17)6-10)20-9-12(8-19)23(21,22)16-5-3-11(18)7-15(16)20/h2-7,9H,1H3. The average molecular weight is 349 g/mol. The summed E-state index contributed by atoms with van der Waals surface area (Å²) in [5.41, 5.74) is 1.51. The Morgan fingerprint density at radius 2 is 1.91 bits per heavy atom. The first-order valence-electron chi connectivity index (χ1n) is 6.56. The number of anilines is 2. The van der Waals surface area contributed by atoms with Gasteiger partial charge in [-0.15, -0.1) is 0 Å². The highest BCUT2D eigenvalue weighted by Gasteiger charge is 2.33. The maximum atomic E-state index is 13.6. The van der Waals surface area contributed by atoms with Gasteiger partial charge in [-0.1, -0.05) is 17.7 Å². The van der Waals surface area contributed by atoms with Crippen molar-refractivity contribution in [3.8, 4) is 6.07 Å². The first-order chi connectivity index (χ1) is 10.8. The predicted molar refractivity (Wildman–Crippen MR) is 85.6 cm³/mol. The number of allylic oxidation sites excluding steroid dienone is 1. The van der Waals surface area contributed by atoms with Crippen molar-refractivity contribution in [2.75, 3.05) is 4.90 Å². The fourth-order valence-corrected chi connectivity index (χ4v) is 3.98. The third-order valence-electron chi connectivity index (χ3n) is 3.48. The summed E-state index contributed by atoms with van der Waals surface area (Å²) in [7, 11) is -3.96. The second-order valence-corrected chi connectivity index (χ2v) is 7.34. The van der Waals surface area contributed by atoms with Crippen LogP contribution in [-0.2, 0) is 9.84 Å². The highest BCUT2D eigenvalue weighted by molar-refractivity contribution is 7.95. The fraction of sp³-hybridized carbons (Fsp3) is 0.0625. The van der Waals surface area contributed by atoms with Crippen LogP contribution < -0.4 is 4.90 Å². The van der Waals surface area contributed by atoms with E-state index in [-0.39, 0.29) is 10.6 Å². The lowest BCUT2D eigenvalue weighted by Crippen LogP contribution is -2.21. The lowest BCUT2D eigenvalue weighted by molar-refractivity contribution is 0.600. The molecule has 2 aromatic rings. The highest BCUT2D eigenvalue weighted by atomic mass is 35.5. The Morgan fingerprint density at radius 3 is 2.57 bits per heavy atom. The maximum absolute atomic E-state index is 13.6. The molecule has 0 spiro atoms. The molecule has 0 aromatic heterocycles. The molecule has 116 valence electrons. The molecule has 0 N–H and O–H groups in total. The molecular weight excluding hydrogens is 339 g/mol. The second kappa shape index (κ2) is 5.37. The van der Waals surface area contributed by atoms with Crippen LogP contribution in [0.1, 0.15) is 5.56 Å². The number of halogens is 2. The average Bonchev–Trinajstić information content (AvgIpc) is 2.48. The highest BCUT2D eigenvalue weighted by Crippen LogP contribution is 2.42. The van der Waals surface area contributed by atoms with Crippen molar-refractivity contribution >= 4 is 32.8 Å². The molecule has 4 nitrogen and oxygen atoms in total. The van der Waals surface area contributed by atoms with Crippen LogP contribution in [0.15, 0.2) is 52.4 Å². The first kappa shape index (κ1) is 15.5. The van der Waals surface area contributed by atoms with Crippen LogP contribution in [0.4, 0.5) is 15.8 Å².